The molecule has 0 spiro atoms. The van der Waals surface area contributed by atoms with E-state index in [2.05, 4.69) is 17.5 Å². The summed E-state index contributed by atoms with van der Waals surface area (Å²) in [5.41, 5.74) is 3.61. The van der Waals surface area contributed by atoms with Crippen LogP contribution >= 0.6 is 0 Å². The van der Waals surface area contributed by atoms with Gasteiger partial charge in [0.05, 0.1) is 23.3 Å². The lowest BCUT2D eigenvalue weighted by Crippen LogP contribution is -2.19. The van der Waals surface area contributed by atoms with Gasteiger partial charge in [-0.05, 0) is 49.2 Å². The zero-order valence-electron chi connectivity index (χ0n) is 14.8. The van der Waals surface area contributed by atoms with Gasteiger partial charge in [0.15, 0.2) is 0 Å². The molecular weight excluding hydrogens is 334 g/mol. The number of hydrogen-bond acceptors (Lipinski definition) is 5. The molecule has 26 heavy (non-hydrogen) atoms. The van der Waals surface area contributed by atoms with Crippen molar-refractivity contribution in [3.05, 3.63) is 69.3 Å². The Balaban J connectivity index is 1.97. The lowest BCUT2D eigenvalue weighted by atomic mass is 10.1. The molecule has 0 aliphatic carbocycles. The Morgan fingerprint density at radius 2 is 2.00 bits per heavy atom. The highest BCUT2D eigenvalue weighted by Gasteiger charge is 2.17. The molecule has 0 saturated heterocycles. The Morgan fingerprint density at radius 3 is 2.65 bits per heavy atom. The van der Waals surface area contributed by atoms with Gasteiger partial charge in [-0.1, -0.05) is 19.4 Å². The normalized spacial score (nSPS) is 10.7. The number of nitro groups is 1. The molecule has 0 saturated carbocycles. The molecule has 0 unspecified atom stereocenters. The van der Waals surface area contributed by atoms with E-state index in [1.165, 1.54) is 31.3 Å². The molecule has 7 heteroatoms. The second-order valence-corrected chi connectivity index (χ2v) is 5.68. The minimum Gasteiger partial charge on any atom is -0.494 e. The first kappa shape index (κ1) is 19.1. The molecule has 2 aromatic carbocycles. The number of carbonyl (C=O) groups excluding carboxylic acids is 1. The fraction of sp³-hybridized carbons (Fsp3) is 0.263. The van der Waals surface area contributed by atoms with Gasteiger partial charge in [-0.2, -0.15) is 5.10 Å². The Hall–Kier alpha value is -3.22. The van der Waals surface area contributed by atoms with Gasteiger partial charge < -0.3 is 4.74 Å². The number of nitro benzene ring substituents is 1. The third kappa shape index (κ3) is 5.14. The fourth-order valence-corrected chi connectivity index (χ4v) is 2.28. The molecule has 0 atom stereocenters. The van der Waals surface area contributed by atoms with Crippen LogP contribution in [0.4, 0.5) is 5.69 Å². The first-order chi connectivity index (χ1) is 12.5. The van der Waals surface area contributed by atoms with Gasteiger partial charge >= 0.3 is 0 Å². The molecule has 0 aromatic heterocycles. The van der Waals surface area contributed by atoms with Crippen LogP contribution in [0.5, 0.6) is 5.75 Å². The maximum absolute atomic E-state index is 12.2. The van der Waals surface area contributed by atoms with Gasteiger partial charge in [0.1, 0.15) is 5.75 Å². The number of nitrogens with one attached hydrogen (secondary N) is 1. The van der Waals surface area contributed by atoms with Crippen LogP contribution < -0.4 is 10.2 Å². The maximum atomic E-state index is 12.2. The monoisotopic (exact) mass is 355 g/mol. The number of carbonyl (C=O) groups is 1. The lowest BCUT2D eigenvalue weighted by molar-refractivity contribution is -0.385. The number of amides is 1. The van der Waals surface area contributed by atoms with Crippen LogP contribution in [0.25, 0.3) is 0 Å². The summed E-state index contributed by atoms with van der Waals surface area (Å²) < 4.78 is 5.58. The van der Waals surface area contributed by atoms with Gasteiger partial charge in [0.2, 0.25) is 0 Å². The predicted octanol–water partition coefficient (Wildman–Crippen LogP) is 3.85. The SMILES string of the molecule is CCCCOc1ccc(/C=N\NC(=O)c2cccc([N+](=O)[O-])c2C)cc1. The Bertz CT molecular complexity index is 801. The molecule has 1 N–H and O–H groups in total. The van der Waals surface area contributed by atoms with Crippen molar-refractivity contribution >= 4 is 17.8 Å². The average Bonchev–Trinajstić information content (AvgIpc) is 2.63. The average molecular weight is 355 g/mol. The molecule has 0 aliphatic rings. The summed E-state index contributed by atoms with van der Waals surface area (Å²) in [6.45, 7) is 4.32. The van der Waals surface area contributed by atoms with Gasteiger partial charge in [-0.3, -0.25) is 14.9 Å². The van der Waals surface area contributed by atoms with E-state index >= 15 is 0 Å². The van der Waals surface area contributed by atoms with E-state index < -0.39 is 10.8 Å². The van der Waals surface area contributed by atoms with Crippen LogP contribution in [-0.4, -0.2) is 23.7 Å². The fourth-order valence-electron chi connectivity index (χ4n) is 2.28. The van der Waals surface area contributed by atoms with E-state index in [1.807, 2.05) is 24.3 Å². The van der Waals surface area contributed by atoms with Crippen LogP contribution in [-0.2, 0) is 0 Å². The number of ether oxygens (including phenoxy) is 1. The van der Waals surface area contributed by atoms with E-state index in [9.17, 15) is 14.9 Å². The summed E-state index contributed by atoms with van der Waals surface area (Å²) >= 11 is 0. The summed E-state index contributed by atoms with van der Waals surface area (Å²) in [6, 6.07) is 11.7. The molecule has 0 radical (unpaired) electrons. The molecule has 0 aliphatic heterocycles. The van der Waals surface area contributed by atoms with Crippen molar-refractivity contribution in [3.63, 3.8) is 0 Å². The van der Waals surface area contributed by atoms with Gasteiger partial charge in [0, 0.05) is 11.6 Å². The highest BCUT2D eigenvalue weighted by molar-refractivity contribution is 5.97. The molecular formula is C19H21N3O4. The van der Waals surface area contributed by atoms with Gasteiger partial charge in [0.25, 0.3) is 11.6 Å². The second-order valence-electron chi connectivity index (χ2n) is 5.68. The number of benzene rings is 2. The summed E-state index contributed by atoms with van der Waals surface area (Å²) in [6.07, 6.45) is 3.58. The van der Waals surface area contributed by atoms with Gasteiger partial charge in [-0.15, -0.1) is 0 Å². The maximum Gasteiger partial charge on any atom is 0.273 e. The molecule has 0 fully saturated rings. The zero-order valence-corrected chi connectivity index (χ0v) is 14.8. The quantitative estimate of drug-likeness (QED) is 0.337. The Morgan fingerprint density at radius 1 is 1.27 bits per heavy atom. The minimum absolute atomic E-state index is 0.0970. The standard InChI is InChI=1S/C19H21N3O4/c1-3-4-12-26-16-10-8-15(9-11-16)13-20-21-19(23)17-6-5-7-18(14(17)2)22(24)25/h5-11,13H,3-4,12H2,1-2H3,(H,21,23)/b20-13-. The number of rotatable bonds is 8. The van der Waals surface area contributed by atoms with Gasteiger partial charge in [-0.25, -0.2) is 5.43 Å². The molecule has 136 valence electrons. The molecule has 7 nitrogen and oxygen atoms in total. The van der Waals surface area contributed by atoms with E-state index in [0.29, 0.717) is 12.2 Å². The van der Waals surface area contributed by atoms with Crippen LogP contribution in [0.15, 0.2) is 47.6 Å². The topological polar surface area (TPSA) is 93.8 Å². The summed E-state index contributed by atoms with van der Waals surface area (Å²) in [7, 11) is 0. The van der Waals surface area contributed by atoms with Crippen molar-refractivity contribution in [1.82, 2.24) is 5.43 Å². The largest absolute Gasteiger partial charge is 0.494 e. The number of hydrogen-bond donors (Lipinski definition) is 1. The van der Waals surface area contributed by atoms with Crippen molar-refractivity contribution in [2.24, 2.45) is 5.10 Å². The summed E-state index contributed by atoms with van der Waals surface area (Å²) in [5.74, 6) is 0.286. The van der Waals surface area contributed by atoms with E-state index in [-0.39, 0.29) is 11.3 Å². The highest BCUT2D eigenvalue weighted by atomic mass is 16.6. The summed E-state index contributed by atoms with van der Waals surface area (Å²) in [4.78, 5) is 22.6. The third-order valence-electron chi connectivity index (χ3n) is 3.77. The first-order valence-corrected chi connectivity index (χ1v) is 8.33. The van der Waals surface area contributed by atoms with Crippen LogP contribution in [0.2, 0.25) is 0 Å². The van der Waals surface area contributed by atoms with E-state index in [1.54, 1.807) is 0 Å². The molecule has 0 bridgehead atoms. The number of nitrogens with zero attached hydrogens (tertiary/aromatic N) is 2. The second kappa shape index (κ2) is 9.31. The van der Waals surface area contributed by atoms with Crippen molar-refractivity contribution in [1.29, 1.82) is 0 Å². The Labute approximate surface area is 151 Å². The van der Waals surface area contributed by atoms with Crippen LogP contribution in [0.1, 0.15) is 41.3 Å². The molecule has 2 rings (SSSR count). The molecule has 2 aromatic rings. The van der Waals surface area contributed by atoms with E-state index in [0.717, 1.165) is 24.2 Å². The number of hydrazone groups is 1. The smallest absolute Gasteiger partial charge is 0.273 e. The van der Waals surface area contributed by atoms with Crippen molar-refractivity contribution in [2.75, 3.05) is 6.61 Å². The highest BCUT2D eigenvalue weighted by Crippen LogP contribution is 2.20. The lowest BCUT2D eigenvalue weighted by Gasteiger charge is -2.05. The third-order valence-corrected chi connectivity index (χ3v) is 3.77. The van der Waals surface area contributed by atoms with Crippen molar-refractivity contribution in [2.45, 2.75) is 26.7 Å². The van der Waals surface area contributed by atoms with Crippen molar-refractivity contribution in [3.8, 4) is 5.75 Å². The van der Waals surface area contributed by atoms with E-state index in [4.69, 9.17) is 4.74 Å². The summed E-state index contributed by atoms with van der Waals surface area (Å²) in [5, 5.41) is 14.8. The van der Waals surface area contributed by atoms with Crippen LogP contribution in [0, 0.1) is 17.0 Å². The molecule has 0 heterocycles. The van der Waals surface area contributed by atoms with Crippen molar-refractivity contribution < 1.29 is 14.5 Å². The van der Waals surface area contributed by atoms with Crippen LogP contribution in [0.3, 0.4) is 0 Å². The predicted molar refractivity (Wildman–Crippen MR) is 99.7 cm³/mol. The number of unbranched alkanes of at least 4 members (excludes halogenated alkanes) is 1. The first-order valence-electron chi connectivity index (χ1n) is 8.33. The zero-order chi connectivity index (χ0) is 18.9. The minimum atomic E-state index is -0.514. The Kier molecular flexibility index (Phi) is 6.84. The molecule has 1 amide bonds.